The van der Waals surface area contributed by atoms with E-state index in [1.165, 1.54) is 0 Å². The van der Waals surface area contributed by atoms with E-state index in [1.54, 1.807) is 35.1 Å². The third-order valence-corrected chi connectivity index (χ3v) is 4.95. The van der Waals surface area contributed by atoms with Gasteiger partial charge < -0.3 is 14.6 Å². The van der Waals surface area contributed by atoms with Crippen LogP contribution in [0.5, 0.6) is 0 Å². The van der Waals surface area contributed by atoms with Gasteiger partial charge in [0.05, 0.1) is 37.5 Å². The fourth-order valence-corrected chi connectivity index (χ4v) is 3.51. The Bertz CT molecular complexity index is 1070. The van der Waals surface area contributed by atoms with Crippen LogP contribution in [-0.2, 0) is 22.2 Å². The molecule has 2 heterocycles. The van der Waals surface area contributed by atoms with Crippen molar-refractivity contribution in [2.45, 2.75) is 18.8 Å². The molecule has 1 fully saturated rings. The number of rotatable bonds is 5. The first kappa shape index (κ1) is 21.1. The number of benzene rings is 2. The van der Waals surface area contributed by atoms with E-state index < -0.39 is 23.3 Å². The van der Waals surface area contributed by atoms with Crippen molar-refractivity contribution >= 4 is 5.97 Å². The summed E-state index contributed by atoms with van der Waals surface area (Å²) in [5.74, 6) is -1.43. The van der Waals surface area contributed by atoms with Gasteiger partial charge in [-0.1, -0.05) is 36.4 Å². The highest BCUT2D eigenvalue weighted by molar-refractivity contribution is 5.90. The molecule has 1 aliphatic rings. The van der Waals surface area contributed by atoms with Crippen LogP contribution >= 0.6 is 0 Å². The monoisotopic (exact) mass is 432 g/mol. The molecule has 1 saturated heterocycles. The third kappa shape index (κ3) is 4.62. The summed E-state index contributed by atoms with van der Waals surface area (Å²) in [6, 6.07) is 11.9. The number of halogens is 3. The average Bonchev–Trinajstić information content (AvgIpc) is 3.17. The molecular weight excluding hydrogens is 413 g/mol. The first-order valence-electron chi connectivity index (χ1n) is 9.60. The van der Waals surface area contributed by atoms with E-state index in [1.807, 2.05) is 6.07 Å². The molecule has 0 bridgehead atoms. The molecule has 4 rings (SSSR count). The van der Waals surface area contributed by atoms with Gasteiger partial charge in [0.1, 0.15) is 11.8 Å². The van der Waals surface area contributed by atoms with E-state index >= 15 is 0 Å². The van der Waals surface area contributed by atoms with E-state index in [0.717, 1.165) is 12.1 Å². The zero-order valence-corrected chi connectivity index (χ0v) is 16.3. The van der Waals surface area contributed by atoms with Gasteiger partial charge in [-0.15, -0.1) is 0 Å². The molecule has 1 N–H and O–H groups in total. The smallest absolute Gasteiger partial charge is 0.417 e. The second-order valence-corrected chi connectivity index (χ2v) is 7.11. The van der Waals surface area contributed by atoms with Gasteiger partial charge in [-0.3, -0.25) is 4.68 Å². The predicted molar refractivity (Wildman–Crippen MR) is 106 cm³/mol. The maximum atomic E-state index is 13.8. The number of alkyl halides is 3. The molecule has 3 aromatic rings. The van der Waals surface area contributed by atoms with Crippen molar-refractivity contribution < 1.29 is 32.5 Å². The van der Waals surface area contributed by atoms with Crippen molar-refractivity contribution in [3.8, 4) is 22.4 Å². The molecule has 31 heavy (non-hydrogen) atoms. The van der Waals surface area contributed by atoms with Crippen molar-refractivity contribution in [2.75, 3.05) is 19.8 Å². The molecule has 162 valence electrons. The molecule has 0 saturated carbocycles. The summed E-state index contributed by atoms with van der Waals surface area (Å²) in [4.78, 5) is 11.2. The quantitative estimate of drug-likeness (QED) is 0.649. The number of carbonyl (C=O) groups is 1. The van der Waals surface area contributed by atoms with Crippen molar-refractivity contribution in [1.82, 2.24) is 9.78 Å². The predicted octanol–water partition coefficient (Wildman–Crippen LogP) is 4.35. The zero-order valence-electron chi connectivity index (χ0n) is 16.3. The Balaban J connectivity index is 1.84. The highest BCUT2D eigenvalue weighted by atomic mass is 19.4. The fourth-order valence-electron chi connectivity index (χ4n) is 3.51. The minimum Gasteiger partial charge on any atom is -0.478 e. The minimum absolute atomic E-state index is 0.118. The van der Waals surface area contributed by atoms with Crippen LogP contribution in [0.2, 0.25) is 0 Å². The van der Waals surface area contributed by atoms with Crippen LogP contribution in [0.4, 0.5) is 13.2 Å². The summed E-state index contributed by atoms with van der Waals surface area (Å²) in [6.45, 7) is 1.63. The lowest BCUT2D eigenvalue weighted by molar-refractivity contribution is -0.137. The van der Waals surface area contributed by atoms with Crippen LogP contribution in [0, 0.1) is 0 Å². The Morgan fingerprint density at radius 3 is 2.55 bits per heavy atom. The van der Waals surface area contributed by atoms with Crippen LogP contribution in [0.15, 0.2) is 54.7 Å². The summed E-state index contributed by atoms with van der Waals surface area (Å²) in [7, 11) is 0. The Morgan fingerprint density at radius 2 is 1.90 bits per heavy atom. The largest absolute Gasteiger partial charge is 0.478 e. The second-order valence-electron chi connectivity index (χ2n) is 7.11. The van der Waals surface area contributed by atoms with Crippen molar-refractivity contribution in [2.24, 2.45) is 0 Å². The summed E-state index contributed by atoms with van der Waals surface area (Å²) in [5, 5.41) is 13.6. The van der Waals surface area contributed by atoms with E-state index in [2.05, 4.69) is 5.10 Å². The van der Waals surface area contributed by atoms with Gasteiger partial charge in [0.15, 0.2) is 0 Å². The molecule has 0 radical (unpaired) electrons. The summed E-state index contributed by atoms with van der Waals surface area (Å²) in [5.41, 5.74) is -0.356. The molecule has 0 amide bonds. The number of aromatic carboxylic acids is 1. The maximum Gasteiger partial charge on any atom is 0.417 e. The SMILES string of the molecule is O=C(O)c1ccc(-c2nn(C[C@H]3COCCO3)cc2-c2ccccc2)c(C(F)(F)F)c1. The van der Waals surface area contributed by atoms with Crippen LogP contribution in [0.25, 0.3) is 22.4 Å². The maximum absolute atomic E-state index is 13.8. The number of ether oxygens (including phenoxy) is 2. The molecule has 0 aliphatic carbocycles. The Labute approximate surface area is 175 Å². The topological polar surface area (TPSA) is 73.6 Å². The third-order valence-electron chi connectivity index (χ3n) is 4.95. The molecule has 1 aliphatic heterocycles. The van der Waals surface area contributed by atoms with Gasteiger partial charge in [-0.25, -0.2) is 4.79 Å². The van der Waals surface area contributed by atoms with Gasteiger partial charge >= 0.3 is 12.1 Å². The number of carboxylic acids is 1. The molecule has 1 atom stereocenters. The van der Waals surface area contributed by atoms with Crippen molar-refractivity contribution in [3.05, 3.63) is 65.9 Å². The number of carboxylic acid groups (broad SMARTS) is 1. The van der Waals surface area contributed by atoms with E-state index in [0.29, 0.717) is 43.6 Å². The highest BCUT2D eigenvalue weighted by Gasteiger charge is 2.36. The normalized spacial score (nSPS) is 16.9. The number of aromatic nitrogens is 2. The van der Waals surface area contributed by atoms with Gasteiger partial charge in [0, 0.05) is 17.3 Å². The van der Waals surface area contributed by atoms with E-state index in [-0.39, 0.29) is 17.4 Å². The Morgan fingerprint density at radius 1 is 1.13 bits per heavy atom. The van der Waals surface area contributed by atoms with Crippen molar-refractivity contribution in [1.29, 1.82) is 0 Å². The minimum atomic E-state index is -4.75. The van der Waals surface area contributed by atoms with Gasteiger partial charge in [0.25, 0.3) is 0 Å². The van der Waals surface area contributed by atoms with Crippen LogP contribution in [-0.4, -0.2) is 46.8 Å². The van der Waals surface area contributed by atoms with Crippen LogP contribution in [0.1, 0.15) is 15.9 Å². The number of nitrogens with zero attached hydrogens (tertiary/aromatic N) is 2. The van der Waals surface area contributed by atoms with E-state index in [4.69, 9.17) is 14.6 Å². The summed E-state index contributed by atoms with van der Waals surface area (Å²) < 4.78 is 54.0. The Kier molecular flexibility index (Phi) is 5.79. The molecular formula is C22H19F3N2O4. The summed E-state index contributed by atoms with van der Waals surface area (Å²) >= 11 is 0. The van der Waals surface area contributed by atoms with Crippen LogP contribution in [0.3, 0.4) is 0 Å². The zero-order chi connectivity index (χ0) is 22.0. The van der Waals surface area contributed by atoms with Gasteiger partial charge in [-0.05, 0) is 17.7 Å². The lowest BCUT2D eigenvalue weighted by Gasteiger charge is -2.22. The first-order valence-corrected chi connectivity index (χ1v) is 9.60. The van der Waals surface area contributed by atoms with Gasteiger partial charge in [0.2, 0.25) is 0 Å². The molecule has 0 unspecified atom stereocenters. The number of hydrogen-bond acceptors (Lipinski definition) is 4. The van der Waals surface area contributed by atoms with Crippen LogP contribution < -0.4 is 0 Å². The lowest BCUT2D eigenvalue weighted by atomic mass is 9.96. The average molecular weight is 432 g/mol. The lowest BCUT2D eigenvalue weighted by Crippen LogP contribution is -2.32. The molecule has 1 aromatic heterocycles. The molecule has 2 aromatic carbocycles. The van der Waals surface area contributed by atoms with Gasteiger partial charge in [-0.2, -0.15) is 18.3 Å². The molecule has 9 heteroatoms. The first-order chi connectivity index (χ1) is 14.8. The standard InChI is InChI=1S/C22H19F3N2O4/c23-22(24,25)19-10-15(21(28)29)6-7-17(19)20-18(14-4-2-1-3-5-14)12-27(26-20)11-16-13-30-8-9-31-16/h1-7,10,12,16H,8-9,11,13H2,(H,28,29)/t16-/m0/s1. The highest BCUT2D eigenvalue weighted by Crippen LogP contribution is 2.40. The second kappa shape index (κ2) is 8.52. The summed E-state index contributed by atoms with van der Waals surface area (Å²) in [6.07, 6.45) is -3.34. The molecule has 0 spiro atoms. The van der Waals surface area contributed by atoms with E-state index in [9.17, 15) is 18.0 Å². The molecule has 6 nitrogen and oxygen atoms in total. The van der Waals surface area contributed by atoms with Crippen molar-refractivity contribution in [3.63, 3.8) is 0 Å². The number of hydrogen-bond donors (Lipinski definition) is 1. The Hall–Kier alpha value is -3.17. The fraction of sp³-hybridized carbons (Fsp3) is 0.273.